The maximum absolute atomic E-state index is 10.0. The summed E-state index contributed by atoms with van der Waals surface area (Å²) in [5, 5.41) is 13.1. The van der Waals surface area contributed by atoms with Crippen LogP contribution in [0.2, 0.25) is 0 Å². The van der Waals surface area contributed by atoms with E-state index in [2.05, 4.69) is 16.9 Å². The molecule has 22 heavy (non-hydrogen) atoms. The average molecular weight is 298 g/mol. The number of hydrogen-bond acceptors (Lipinski definition) is 4. The Morgan fingerprint density at radius 3 is 2.95 bits per heavy atom. The number of benzene rings is 1. The molecule has 2 N–H and O–H groups in total. The highest BCUT2D eigenvalue weighted by Crippen LogP contribution is 2.19. The molecule has 1 aromatic heterocycles. The van der Waals surface area contributed by atoms with Crippen molar-refractivity contribution in [1.82, 2.24) is 4.98 Å². The lowest BCUT2D eigenvalue weighted by Gasteiger charge is -2.15. The molecular weight excluding hydrogens is 276 g/mol. The van der Waals surface area contributed by atoms with Gasteiger partial charge in [-0.25, -0.2) is 4.98 Å². The number of aliphatic hydroxyl groups excluding tert-OH is 1. The van der Waals surface area contributed by atoms with E-state index in [1.807, 2.05) is 49.4 Å². The first-order valence-corrected chi connectivity index (χ1v) is 7.35. The van der Waals surface area contributed by atoms with Crippen molar-refractivity contribution >= 4 is 5.82 Å². The molecule has 1 atom stereocenters. The van der Waals surface area contributed by atoms with Crippen molar-refractivity contribution in [3.8, 4) is 5.75 Å². The fourth-order valence-corrected chi connectivity index (χ4v) is 2.07. The predicted octanol–water partition coefficient (Wildman–Crippen LogP) is 2.97. The van der Waals surface area contributed by atoms with E-state index in [0.717, 1.165) is 29.1 Å². The lowest BCUT2D eigenvalue weighted by atomic mass is 10.1. The highest BCUT2D eigenvalue weighted by molar-refractivity contribution is 5.37. The Morgan fingerprint density at radius 2 is 2.18 bits per heavy atom. The van der Waals surface area contributed by atoms with Crippen LogP contribution in [0.1, 0.15) is 11.1 Å². The van der Waals surface area contributed by atoms with Gasteiger partial charge in [-0.05, 0) is 42.7 Å². The minimum Gasteiger partial charge on any atom is -0.491 e. The second-order valence-electron chi connectivity index (χ2n) is 5.16. The topological polar surface area (TPSA) is 54.4 Å². The summed E-state index contributed by atoms with van der Waals surface area (Å²) >= 11 is 0. The highest BCUT2D eigenvalue weighted by atomic mass is 16.5. The summed E-state index contributed by atoms with van der Waals surface area (Å²) < 4.78 is 5.71. The van der Waals surface area contributed by atoms with Crippen LogP contribution in [0.15, 0.2) is 55.3 Å². The number of aromatic nitrogens is 1. The summed E-state index contributed by atoms with van der Waals surface area (Å²) in [5.41, 5.74) is 2.19. The van der Waals surface area contributed by atoms with Gasteiger partial charge in [-0.15, -0.1) is 6.58 Å². The smallest absolute Gasteiger partial charge is 0.126 e. The van der Waals surface area contributed by atoms with Crippen LogP contribution in [0.4, 0.5) is 5.82 Å². The van der Waals surface area contributed by atoms with E-state index >= 15 is 0 Å². The number of hydrogen-bond donors (Lipinski definition) is 2. The Balaban J connectivity index is 1.83. The number of pyridine rings is 1. The summed E-state index contributed by atoms with van der Waals surface area (Å²) in [4.78, 5) is 4.19. The third kappa shape index (κ3) is 4.90. The minimum absolute atomic E-state index is 0.229. The number of nitrogens with one attached hydrogen (secondary N) is 1. The van der Waals surface area contributed by atoms with E-state index in [4.69, 9.17) is 4.74 Å². The molecule has 0 spiro atoms. The van der Waals surface area contributed by atoms with Gasteiger partial charge < -0.3 is 15.2 Å². The van der Waals surface area contributed by atoms with Crippen molar-refractivity contribution < 1.29 is 9.84 Å². The third-order valence-electron chi connectivity index (χ3n) is 3.20. The zero-order valence-electron chi connectivity index (χ0n) is 12.8. The molecule has 0 fully saturated rings. The van der Waals surface area contributed by atoms with E-state index in [1.165, 1.54) is 0 Å². The Bertz CT molecular complexity index is 614. The van der Waals surface area contributed by atoms with E-state index in [-0.39, 0.29) is 6.61 Å². The maximum atomic E-state index is 10.0. The van der Waals surface area contributed by atoms with Crippen LogP contribution in [-0.2, 0) is 6.42 Å². The number of ether oxygens (including phenoxy) is 1. The van der Waals surface area contributed by atoms with Crippen LogP contribution in [-0.4, -0.2) is 29.3 Å². The monoisotopic (exact) mass is 298 g/mol. The quantitative estimate of drug-likeness (QED) is 0.736. The molecule has 0 bridgehead atoms. The van der Waals surface area contributed by atoms with Gasteiger partial charge >= 0.3 is 0 Å². The zero-order valence-corrected chi connectivity index (χ0v) is 12.8. The number of aryl methyl sites for hydroxylation is 1. The molecular formula is C18H22N2O2. The average Bonchev–Trinajstić information content (AvgIpc) is 2.52. The van der Waals surface area contributed by atoms with E-state index in [9.17, 15) is 5.11 Å². The van der Waals surface area contributed by atoms with E-state index in [0.29, 0.717) is 6.54 Å². The van der Waals surface area contributed by atoms with Crippen LogP contribution >= 0.6 is 0 Å². The van der Waals surface area contributed by atoms with Gasteiger partial charge in [-0.3, -0.25) is 0 Å². The van der Waals surface area contributed by atoms with Gasteiger partial charge in [-0.1, -0.05) is 24.3 Å². The molecule has 0 radical (unpaired) electrons. The number of para-hydroxylation sites is 1. The Labute approximate surface area is 131 Å². The number of nitrogens with zero attached hydrogens (tertiary/aromatic N) is 1. The fourth-order valence-electron chi connectivity index (χ4n) is 2.07. The molecule has 0 aliphatic heterocycles. The van der Waals surface area contributed by atoms with Crippen molar-refractivity contribution in [2.75, 3.05) is 18.5 Å². The number of allylic oxidation sites excluding steroid dienone is 1. The SMILES string of the molecule is C=CCc1ccccc1OCC(O)CNc1cc(C)ccn1. The maximum Gasteiger partial charge on any atom is 0.126 e. The molecule has 1 heterocycles. The van der Waals surface area contributed by atoms with Crippen LogP contribution in [0.25, 0.3) is 0 Å². The van der Waals surface area contributed by atoms with Gasteiger partial charge in [0.05, 0.1) is 0 Å². The minimum atomic E-state index is -0.612. The number of aliphatic hydroxyl groups is 1. The standard InChI is InChI=1S/C18H22N2O2/c1-3-6-15-7-4-5-8-17(15)22-13-16(21)12-20-18-11-14(2)9-10-19-18/h3-5,7-11,16,21H,1,6,12-13H2,2H3,(H,19,20). The first kappa shape index (κ1) is 16.0. The first-order chi connectivity index (χ1) is 10.7. The van der Waals surface area contributed by atoms with E-state index in [1.54, 1.807) is 6.20 Å². The molecule has 1 unspecified atom stereocenters. The molecule has 0 amide bonds. The summed E-state index contributed by atoms with van der Waals surface area (Å²) in [5.74, 6) is 1.54. The largest absolute Gasteiger partial charge is 0.491 e. The van der Waals surface area contributed by atoms with Crippen LogP contribution in [0, 0.1) is 6.92 Å². The van der Waals surface area contributed by atoms with Gasteiger partial charge in [0.2, 0.25) is 0 Å². The summed E-state index contributed by atoms with van der Waals surface area (Å²) in [6, 6.07) is 11.7. The van der Waals surface area contributed by atoms with Gasteiger partial charge in [0, 0.05) is 12.7 Å². The Hall–Kier alpha value is -2.33. The Kier molecular flexibility index (Phi) is 5.98. The second-order valence-corrected chi connectivity index (χ2v) is 5.16. The molecule has 0 aliphatic carbocycles. The lowest BCUT2D eigenvalue weighted by Crippen LogP contribution is -2.26. The van der Waals surface area contributed by atoms with Gasteiger partial charge in [0.25, 0.3) is 0 Å². The highest BCUT2D eigenvalue weighted by Gasteiger charge is 2.08. The van der Waals surface area contributed by atoms with E-state index < -0.39 is 6.10 Å². The fraction of sp³-hybridized carbons (Fsp3) is 0.278. The molecule has 0 saturated carbocycles. The van der Waals surface area contributed by atoms with Crippen molar-refractivity contribution in [2.45, 2.75) is 19.4 Å². The third-order valence-corrected chi connectivity index (χ3v) is 3.20. The number of rotatable bonds is 8. The molecule has 116 valence electrons. The van der Waals surface area contributed by atoms with Crippen LogP contribution < -0.4 is 10.1 Å². The predicted molar refractivity (Wildman–Crippen MR) is 89.3 cm³/mol. The van der Waals surface area contributed by atoms with Crippen molar-refractivity contribution in [3.05, 3.63) is 66.4 Å². The van der Waals surface area contributed by atoms with Crippen molar-refractivity contribution in [3.63, 3.8) is 0 Å². The molecule has 1 aromatic carbocycles. The van der Waals surface area contributed by atoms with Gasteiger partial charge in [0.1, 0.15) is 24.3 Å². The van der Waals surface area contributed by atoms with Crippen molar-refractivity contribution in [2.24, 2.45) is 0 Å². The zero-order chi connectivity index (χ0) is 15.8. The van der Waals surface area contributed by atoms with Crippen LogP contribution in [0.3, 0.4) is 0 Å². The lowest BCUT2D eigenvalue weighted by molar-refractivity contribution is 0.117. The Morgan fingerprint density at radius 1 is 1.36 bits per heavy atom. The summed E-state index contributed by atoms with van der Waals surface area (Å²) in [7, 11) is 0. The van der Waals surface area contributed by atoms with Gasteiger partial charge in [0.15, 0.2) is 0 Å². The summed E-state index contributed by atoms with van der Waals surface area (Å²) in [6.45, 7) is 6.36. The first-order valence-electron chi connectivity index (χ1n) is 7.35. The van der Waals surface area contributed by atoms with Crippen molar-refractivity contribution in [1.29, 1.82) is 0 Å². The molecule has 4 heteroatoms. The molecule has 2 aromatic rings. The number of anilines is 1. The second kappa shape index (κ2) is 8.20. The molecule has 4 nitrogen and oxygen atoms in total. The normalized spacial score (nSPS) is 11.7. The summed E-state index contributed by atoms with van der Waals surface area (Å²) in [6.07, 6.45) is 3.71. The molecule has 0 saturated heterocycles. The van der Waals surface area contributed by atoms with Gasteiger partial charge in [-0.2, -0.15) is 0 Å². The molecule has 2 rings (SSSR count). The molecule has 0 aliphatic rings. The van der Waals surface area contributed by atoms with Crippen LogP contribution in [0.5, 0.6) is 5.75 Å².